The number of alkyl halides is 3. The minimum atomic E-state index is -4.31. The van der Waals surface area contributed by atoms with Gasteiger partial charge >= 0.3 is 6.18 Å². The molecule has 1 heterocycles. The maximum Gasteiger partial charge on any atom is 0.416 e. The van der Waals surface area contributed by atoms with Crippen molar-refractivity contribution in [3.05, 3.63) is 35.4 Å². The Morgan fingerprint density at radius 2 is 1.88 bits per heavy atom. The predicted octanol–water partition coefficient (Wildman–Crippen LogP) is 2.96. The first-order chi connectivity index (χ1) is 12.5. The summed E-state index contributed by atoms with van der Waals surface area (Å²) in [7, 11) is 1.65. The largest absolute Gasteiger partial charge is 0.416 e. The Labute approximate surface area is 152 Å². The molecule has 0 amide bonds. The Morgan fingerprint density at radius 1 is 1.19 bits per heavy atom. The third-order valence-electron chi connectivity index (χ3n) is 4.10. The SMILES string of the molecule is CN=C(NCCCOC1CCOCC1)NCc1ccc(C(F)(F)F)cc1. The molecule has 8 heteroatoms. The van der Waals surface area contributed by atoms with Gasteiger partial charge in [0.15, 0.2) is 5.96 Å². The first-order valence-electron chi connectivity index (χ1n) is 8.79. The second-order valence-corrected chi connectivity index (χ2v) is 6.08. The van der Waals surface area contributed by atoms with Crippen LogP contribution in [0.5, 0.6) is 0 Å². The van der Waals surface area contributed by atoms with Crippen molar-refractivity contribution in [3.63, 3.8) is 0 Å². The summed E-state index contributed by atoms with van der Waals surface area (Å²) < 4.78 is 48.7. The quantitative estimate of drug-likeness (QED) is 0.438. The lowest BCUT2D eigenvalue weighted by atomic mass is 10.1. The third kappa shape index (κ3) is 7.21. The van der Waals surface area contributed by atoms with Gasteiger partial charge in [-0.3, -0.25) is 4.99 Å². The average molecular weight is 373 g/mol. The molecule has 2 N–H and O–H groups in total. The van der Waals surface area contributed by atoms with Crippen LogP contribution in [-0.2, 0) is 22.2 Å². The molecular weight excluding hydrogens is 347 g/mol. The molecule has 1 aromatic carbocycles. The zero-order valence-corrected chi connectivity index (χ0v) is 14.9. The zero-order valence-electron chi connectivity index (χ0n) is 14.9. The maximum atomic E-state index is 12.5. The van der Waals surface area contributed by atoms with Crippen LogP contribution in [0.2, 0.25) is 0 Å². The highest BCUT2D eigenvalue weighted by atomic mass is 19.4. The molecule has 0 bridgehead atoms. The Kier molecular flexibility index (Phi) is 8.18. The fourth-order valence-corrected chi connectivity index (χ4v) is 2.59. The topological polar surface area (TPSA) is 54.9 Å². The Hall–Kier alpha value is -1.80. The van der Waals surface area contributed by atoms with Gasteiger partial charge in [0.2, 0.25) is 0 Å². The van der Waals surface area contributed by atoms with Crippen LogP contribution in [0.15, 0.2) is 29.3 Å². The molecule has 0 atom stereocenters. The minimum Gasteiger partial charge on any atom is -0.381 e. The molecule has 0 saturated carbocycles. The van der Waals surface area contributed by atoms with Crippen LogP contribution in [0, 0.1) is 0 Å². The van der Waals surface area contributed by atoms with E-state index in [4.69, 9.17) is 9.47 Å². The number of hydrogen-bond acceptors (Lipinski definition) is 3. The van der Waals surface area contributed by atoms with Crippen LogP contribution in [0.25, 0.3) is 0 Å². The molecule has 0 radical (unpaired) electrons. The minimum absolute atomic E-state index is 0.292. The Balaban J connectivity index is 1.63. The molecule has 0 aliphatic carbocycles. The van der Waals surface area contributed by atoms with Gasteiger partial charge in [-0.1, -0.05) is 12.1 Å². The summed E-state index contributed by atoms with van der Waals surface area (Å²) in [5, 5.41) is 6.25. The van der Waals surface area contributed by atoms with Crippen molar-refractivity contribution < 1.29 is 22.6 Å². The second-order valence-electron chi connectivity index (χ2n) is 6.08. The predicted molar refractivity (Wildman–Crippen MR) is 94.1 cm³/mol. The van der Waals surface area contributed by atoms with Crippen LogP contribution >= 0.6 is 0 Å². The number of nitrogens with one attached hydrogen (secondary N) is 2. The van der Waals surface area contributed by atoms with Gasteiger partial charge in [-0.25, -0.2) is 0 Å². The van der Waals surface area contributed by atoms with Gasteiger partial charge in [0.25, 0.3) is 0 Å². The van der Waals surface area contributed by atoms with Gasteiger partial charge in [-0.2, -0.15) is 13.2 Å². The van der Waals surface area contributed by atoms with E-state index < -0.39 is 11.7 Å². The molecule has 0 unspecified atom stereocenters. The van der Waals surface area contributed by atoms with Crippen molar-refractivity contribution in [2.24, 2.45) is 4.99 Å². The highest BCUT2D eigenvalue weighted by Crippen LogP contribution is 2.29. The molecule has 1 fully saturated rings. The van der Waals surface area contributed by atoms with Gasteiger partial charge in [0, 0.05) is 40.0 Å². The van der Waals surface area contributed by atoms with E-state index in [1.54, 1.807) is 7.05 Å². The van der Waals surface area contributed by atoms with Gasteiger partial charge < -0.3 is 20.1 Å². The van der Waals surface area contributed by atoms with Gasteiger partial charge in [0.05, 0.1) is 11.7 Å². The maximum absolute atomic E-state index is 12.5. The lowest BCUT2D eigenvalue weighted by Gasteiger charge is -2.22. The number of aliphatic imine (C=N–C) groups is 1. The van der Waals surface area contributed by atoms with Crippen LogP contribution < -0.4 is 10.6 Å². The van der Waals surface area contributed by atoms with E-state index in [9.17, 15) is 13.2 Å². The molecule has 1 aliphatic heterocycles. The second kappa shape index (κ2) is 10.4. The van der Waals surface area contributed by atoms with E-state index >= 15 is 0 Å². The molecule has 0 spiro atoms. The van der Waals surface area contributed by atoms with Crippen molar-refractivity contribution in [1.29, 1.82) is 0 Å². The van der Waals surface area contributed by atoms with E-state index in [0.717, 1.165) is 50.2 Å². The summed E-state index contributed by atoms with van der Waals surface area (Å²) in [6.45, 7) is 3.31. The lowest BCUT2D eigenvalue weighted by molar-refractivity contribution is -0.137. The lowest BCUT2D eigenvalue weighted by Crippen LogP contribution is -2.37. The number of guanidine groups is 1. The average Bonchev–Trinajstić information content (AvgIpc) is 2.64. The van der Waals surface area contributed by atoms with Gasteiger partial charge in [0.1, 0.15) is 0 Å². The van der Waals surface area contributed by atoms with E-state index in [1.165, 1.54) is 12.1 Å². The standard InChI is InChI=1S/C18H26F3N3O2/c1-22-17(23-9-2-10-26-16-7-11-25-12-8-16)24-13-14-3-5-15(6-4-14)18(19,20)21/h3-6,16H,2,7-13H2,1H3,(H2,22,23,24). The van der Waals surface area contributed by atoms with E-state index in [0.29, 0.717) is 31.8 Å². The Morgan fingerprint density at radius 3 is 2.50 bits per heavy atom. The van der Waals surface area contributed by atoms with Crippen molar-refractivity contribution >= 4 is 5.96 Å². The van der Waals surface area contributed by atoms with Crippen LogP contribution in [0.3, 0.4) is 0 Å². The van der Waals surface area contributed by atoms with Crippen molar-refractivity contribution in [1.82, 2.24) is 10.6 Å². The highest BCUT2D eigenvalue weighted by molar-refractivity contribution is 5.79. The molecule has 1 aromatic rings. The first-order valence-corrected chi connectivity index (χ1v) is 8.79. The molecule has 2 rings (SSSR count). The fraction of sp³-hybridized carbons (Fsp3) is 0.611. The summed E-state index contributed by atoms with van der Waals surface area (Å²) in [4.78, 5) is 4.10. The summed E-state index contributed by atoms with van der Waals surface area (Å²) in [5.41, 5.74) is 0.108. The van der Waals surface area contributed by atoms with Crippen molar-refractivity contribution in [2.45, 2.75) is 38.1 Å². The normalized spacial score (nSPS) is 16.5. The van der Waals surface area contributed by atoms with Crippen LogP contribution in [-0.4, -0.2) is 45.5 Å². The Bertz CT molecular complexity index is 556. The van der Waals surface area contributed by atoms with E-state index in [1.807, 2.05) is 0 Å². The molecule has 1 aliphatic rings. The molecule has 0 aromatic heterocycles. The zero-order chi connectivity index (χ0) is 18.8. The number of nitrogens with zero attached hydrogens (tertiary/aromatic N) is 1. The molecule has 146 valence electrons. The number of ether oxygens (including phenoxy) is 2. The van der Waals surface area contributed by atoms with Crippen molar-refractivity contribution in [2.75, 3.05) is 33.4 Å². The summed E-state index contributed by atoms with van der Waals surface area (Å²) >= 11 is 0. The highest BCUT2D eigenvalue weighted by Gasteiger charge is 2.29. The van der Waals surface area contributed by atoms with Crippen molar-refractivity contribution in [3.8, 4) is 0 Å². The number of benzene rings is 1. The first kappa shape index (κ1) is 20.5. The number of halogens is 3. The monoisotopic (exact) mass is 373 g/mol. The smallest absolute Gasteiger partial charge is 0.381 e. The fourth-order valence-electron chi connectivity index (χ4n) is 2.59. The number of hydrogen-bond donors (Lipinski definition) is 2. The molecule has 1 saturated heterocycles. The molecule has 26 heavy (non-hydrogen) atoms. The summed E-state index contributed by atoms with van der Waals surface area (Å²) in [6, 6.07) is 5.09. The third-order valence-corrected chi connectivity index (χ3v) is 4.10. The molecular formula is C18H26F3N3O2. The molecule has 5 nitrogen and oxygen atoms in total. The van der Waals surface area contributed by atoms with Gasteiger partial charge in [-0.15, -0.1) is 0 Å². The summed E-state index contributed by atoms with van der Waals surface area (Å²) in [5.74, 6) is 0.607. The van der Waals surface area contributed by atoms with E-state index in [2.05, 4.69) is 15.6 Å². The van der Waals surface area contributed by atoms with E-state index in [-0.39, 0.29) is 0 Å². The summed E-state index contributed by atoms with van der Waals surface area (Å²) in [6.07, 6.45) is -1.27. The van der Waals surface area contributed by atoms with Crippen LogP contribution in [0.4, 0.5) is 13.2 Å². The van der Waals surface area contributed by atoms with Crippen LogP contribution in [0.1, 0.15) is 30.4 Å². The number of rotatable bonds is 7. The van der Waals surface area contributed by atoms with Gasteiger partial charge in [-0.05, 0) is 37.0 Å².